The van der Waals surface area contributed by atoms with Crippen molar-refractivity contribution in [3.63, 3.8) is 0 Å². The lowest BCUT2D eigenvalue weighted by atomic mass is 9.88. The first-order valence-corrected chi connectivity index (χ1v) is 10.6. The van der Waals surface area contributed by atoms with Crippen molar-refractivity contribution in [2.75, 3.05) is 6.54 Å². The molecule has 1 unspecified atom stereocenters. The minimum atomic E-state index is -0.905. The van der Waals surface area contributed by atoms with Crippen LogP contribution in [0.5, 0.6) is 0 Å². The number of aryl methyl sites for hydroxylation is 1. The number of benzene rings is 1. The van der Waals surface area contributed by atoms with Crippen LogP contribution in [0.1, 0.15) is 55.1 Å². The molecule has 8 heteroatoms. The minimum Gasteiger partial charge on any atom is -0.465 e. The van der Waals surface area contributed by atoms with E-state index in [0.29, 0.717) is 12.4 Å². The summed E-state index contributed by atoms with van der Waals surface area (Å²) >= 11 is 0. The average molecular weight is 404 g/mol. The van der Waals surface area contributed by atoms with Crippen molar-refractivity contribution in [1.29, 1.82) is 0 Å². The predicted molar refractivity (Wildman–Crippen MR) is 111 cm³/mol. The maximum absolute atomic E-state index is 11.9. The molecule has 5 rings (SSSR count). The number of hydrogen-bond donors (Lipinski definition) is 2. The number of carboxylic acid groups (broad SMARTS) is 1. The van der Waals surface area contributed by atoms with Crippen molar-refractivity contribution in [3.05, 3.63) is 47.3 Å². The highest BCUT2D eigenvalue weighted by atomic mass is 16.4. The fourth-order valence-electron chi connectivity index (χ4n) is 4.89. The maximum atomic E-state index is 11.9. The predicted octanol–water partition coefficient (Wildman–Crippen LogP) is 4.01. The van der Waals surface area contributed by atoms with Gasteiger partial charge in [0.15, 0.2) is 5.82 Å². The number of H-pyrrole nitrogens is 1. The van der Waals surface area contributed by atoms with Gasteiger partial charge in [0.25, 0.3) is 0 Å². The summed E-state index contributed by atoms with van der Waals surface area (Å²) in [6.07, 6.45) is 5.93. The van der Waals surface area contributed by atoms with Crippen molar-refractivity contribution in [2.45, 2.75) is 51.0 Å². The van der Waals surface area contributed by atoms with E-state index in [-0.39, 0.29) is 6.04 Å². The van der Waals surface area contributed by atoms with Crippen LogP contribution in [-0.4, -0.2) is 48.3 Å². The van der Waals surface area contributed by atoms with E-state index in [2.05, 4.69) is 32.8 Å². The van der Waals surface area contributed by atoms with Gasteiger partial charge in [-0.2, -0.15) is 0 Å². The third-order valence-corrected chi connectivity index (χ3v) is 6.21. The number of likely N-dealkylation sites (tertiary alicyclic amines) is 1. The highest BCUT2D eigenvalue weighted by Gasteiger charge is 2.36. The molecule has 154 valence electrons. The smallest absolute Gasteiger partial charge is 0.407 e. The number of amides is 1. The third-order valence-electron chi connectivity index (χ3n) is 6.21. The van der Waals surface area contributed by atoms with Crippen molar-refractivity contribution in [2.24, 2.45) is 0 Å². The summed E-state index contributed by atoms with van der Waals surface area (Å²) in [7, 11) is 0. The molecule has 0 bridgehead atoms. The summed E-state index contributed by atoms with van der Waals surface area (Å²) in [6, 6.07) is 9.96. The normalized spacial score (nSPS) is 18.8. The minimum absolute atomic E-state index is 0.293. The lowest BCUT2D eigenvalue weighted by Gasteiger charge is -2.26. The number of nitrogens with one attached hydrogen (secondary N) is 1. The van der Waals surface area contributed by atoms with Crippen molar-refractivity contribution in [3.8, 4) is 22.5 Å². The van der Waals surface area contributed by atoms with E-state index in [4.69, 9.17) is 4.98 Å². The molecule has 2 aliphatic rings. The molecule has 0 radical (unpaired) electrons. The average Bonchev–Trinajstić information content (AvgIpc) is 3.41. The van der Waals surface area contributed by atoms with Gasteiger partial charge in [0, 0.05) is 12.2 Å². The summed E-state index contributed by atoms with van der Waals surface area (Å²) in [5, 5.41) is 24.5. The quantitative estimate of drug-likeness (QED) is 0.639. The van der Waals surface area contributed by atoms with E-state index >= 15 is 0 Å². The molecule has 0 saturated carbocycles. The Hall–Kier alpha value is -3.29. The standard InChI is InChI=1S/C22H24N6O2/c29-22(30)28-13-7-12-17(28)20-19(21-24-26-27-25-21)18(14-8-3-1-4-9-14)15-10-5-2-6-11-16(15)23-20/h1,3-4,8-9,17H,2,5-7,10-13H2,(H,29,30)(H,24,25,26,27). The molecule has 0 spiro atoms. The van der Waals surface area contributed by atoms with Gasteiger partial charge in [-0.1, -0.05) is 36.8 Å². The zero-order valence-corrected chi connectivity index (χ0v) is 16.7. The van der Waals surface area contributed by atoms with E-state index in [0.717, 1.165) is 66.6 Å². The van der Waals surface area contributed by atoms with Crippen LogP contribution in [0, 0.1) is 0 Å². The fourth-order valence-corrected chi connectivity index (χ4v) is 4.89. The van der Waals surface area contributed by atoms with Crippen LogP contribution in [0.25, 0.3) is 22.5 Å². The van der Waals surface area contributed by atoms with Gasteiger partial charge in [0.1, 0.15) is 0 Å². The first kappa shape index (κ1) is 18.7. The molecule has 2 N–H and O–H groups in total. The van der Waals surface area contributed by atoms with Gasteiger partial charge in [0.05, 0.1) is 17.3 Å². The molecule has 30 heavy (non-hydrogen) atoms. The van der Waals surface area contributed by atoms with Crippen LogP contribution in [0.2, 0.25) is 0 Å². The second-order valence-corrected chi connectivity index (χ2v) is 7.98. The van der Waals surface area contributed by atoms with Crippen molar-refractivity contribution in [1.82, 2.24) is 30.5 Å². The SMILES string of the molecule is O=C(O)N1CCCC1c1nc2c(c(-c3ccccc3)c1-c1nnn[nH]1)CCCCC2. The van der Waals surface area contributed by atoms with E-state index in [1.807, 2.05) is 18.2 Å². The van der Waals surface area contributed by atoms with E-state index < -0.39 is 6.09 Å². The Morgan fingerprint density at radius 1 is 1.07 bits per heavy atom. The lowest BCUT2D eigenvalue weighted by molar-refractivity contribution is 0.139. The molecule has 3 heterocycles. The molecule has 1 aliphatic heterocycles. The lowest BCUT2D eigenvalue weighted by Crippen LogP contribution is -2.30. The van der Waals surface area contributed by atoms with Crippen LogP contribution < -0.4 is 0 Å². The third kappa shape index (κ3) is 3.22. The molecule has 1 amide bonds. The van der Waals surface area contributed by atoms with Gasteiger partial charge in [-0.25, -0.2) is 9.89 Å². The second-order valence-electron chi connectivity index (χ2n) is 7.98. The van der Waals surface area contributed by atoms with Crippen molar-refractivity contribution < 1.29 is 9.90 Å². The van der Waals surface area contributed by atoms with Gasteiger partial charge in [-0.15, -0.1) is 5.10 Å². The molecule has 1 saturated heterocycles. The number of hydrogen-bond acceptors (Lipinski definition) is 5. The topological polar surface area (TPSA) is 108 Å². The van der Waals surface area contributed by atoms with Crippen molar-refractivity contribution >= 4 is 6.09 Å². The molecule has 1 fully saturated rings. The monoisotopic (exact) mass is 404 g/mol. The summed E-state index contributed by atoms with van der Waals surface area (Å²) < 4.78 is 0. The Balaban J connectivity index is 1.82. The number of carbonyl (C=O) groups is 1. The first-order chi connectivity index (χ1) is 14.7. The van der Waals surface area contributed by atoms with E-state index in [9.17, 15) is 9.90 Å². The number of nitrogens with zero attached hydrogens (tertiary/aromatic N) is 5. The summed E-state index contributed by atoms with van der Waals surface area (Å²) in [5.41, 5.74) is 6.13. The zero-order valence-electron chi connectivity index (χ0n) is 16.7. The van der Waals surface area contributed by atoms with Gasteiger partial charge >= 0.3 is 6.09 Å². The van der Waals surface area contributed by atoms with E-state index in [1.54, 1.807) is 0 Å². The number of fused-ring (bicyclic) bond motifs is 1. The Labute approximate surface area is 174 Å². The Morgan fingerprint density at radius 3 is 2.67 bits per heavy atom. The number of aromatic amines is 1. The van der Waals surface area contributed by atoms with Gasteiger partial charge in [-0.3, -0.25) is 9.88 Å². The zero-order chi connectivity index (χ0) is 20.5. The maximum Gasteiger partial charge on any atom is 0.407 e. The van der Waals surface area contributed by atoms with Crippen LogP contribution in [0.4, 0.5) is 4.79 Å². The summed E-state index contributed by atoms with van der Waals surface area (Å²) in [4.78, 5) is 18.5. The van der Waals surface area contributed by atoms with Crippen LogP contribution in [0.15, 0.2) is 30.3 Å². The second kappa shape index (κ2) is 7.85. The molecule has 3 aromatic rings. The Morgan fingerprint density at radius 2 is 1.90 bits per heavy atom. The molecular weight excluding hydrogens is 380 g/mol. The Bertz CT molecular complexity index is 1050. The van der Waals surface area contributed by atoms with Gasteiger partial charge in [0.2, 0.25) is 0 Å². The summed E-state index contributed by atoms with van der Waals surface area (Å²) in [5.74, 6) is 0.542. The van der Waals surface area contributed by atoms with E-state index in [1.165, 1.54) is 16.9 Å². The largest absolute Gasteiger partial charge is 0.465 e. The highest BCUT2D eigenvalue weighted by Crippen LogP contribution is 2.44. The Kier molecular flexibility index (Phi) is 4.90. The molecule has 1 aliphatic carbocycles. The van der Waals surface area contributed by atoms with Crippen LogP contribution >= 0.6 is 0 Å². The van der Waals surface area contributed by atoms with Crippen LogP contribution in [0.3, 0.4) is 0 Å². The van der Waals surface area contributed by atoms with Gasteiger partial charge < -0.3 is 5.11 Å². The fraction of sp³-hybridized carbons (Fsp3) is 0.409. The summed E-state index contributed by atoms with van der Waals surface area (Å²) in [6.45, 7) is 0.521. The van der Waals surface area contributed by atoms with Gasteiger partial charge in [-0.05, 0) is 65.6 Å². The number of rotatable bonds is 3. The highest BCUT2D eigenvalue weighted by molar-refractivity contribution is 5.85. The number of aromatic nitrogens is 5. The van der Waals surface area contributed by atoms with Crippen LogP contribution in [-0.2, 0) is 12.8 Å². The molecule has 1 atom stereocenters. The molecular formula is C22H24N6O2. The number of pyridine rings is 1. The first-order valence-electron chi connectivity index (χ1n) is 10.6. The molecule has 1 aromatic carbocycles. The number of tetrazole rings is 1. The molecule has 8 nitrogen and oxygen atoms in total. The molecule has 2 aromatic heterocycles.